The van der Waals surface area contributed by atoms with Crippen LogP contribution in [0.2, 0.25) is 0 Å². The molecule has 0 unspecified atom stereocenters. The van der Waals surface area contributed by atoms with Crippen molar-refractivity contribution in [2.45, 2.75) is 103 Å². The number of rotatable bonds is 16. The molecule has 0 fully saturated rings. The second-order valence-corrected chi connectivity index (χ2v) is 9.52. The smallest absolute Gasteiger partial charge is 0.322 e. The van der Waals surface area contributed by atoms with Crippen LogP contribution in [0, 0.1) is 6.92 Å². The summed E-state index contributed by atoms with van der Waals surface area (Å²) in [5.41, 5.74) is 0.236. The summed E-state index contributed by atoms with van der Waals surface area (Å²) in [6, 6.07) is 0. The Morgan fingerprint density at radius 1 is 0.800 bits per heavy atom. The summed E-state index contributed by atoms with van der Waals surface area (Å²) in [5.74, 6) is 0.793. The van der Waals surface area contributed by atoms with Gasteiger partial charge in [0, 0.05) is 13.6 Å². The third-order valence-corrected chi connectivity index (χ3v) is 6.73. The first-order valence-electron chi connectivity index (χ1n) is 11.8. The maximum Gasteiger partial charge on any atom is 0.329 e. The molecule has 2 heterocycles. The molecular formula is C23H39IN4O2. The van der Waals surface area contributed by atoms with Gasteiger partial charge in [0.25, 0.3) is 5.56 Å². The lowest BCUT2D eigenvalue weighted by Gasteiger charge is -2.07. The SMILES string of the molecule is Cc1nc2c(c(=O)[nH]c(=O)n2C)n1CCCCCCCCCCCCCCCCI. The van der Waals surface area contributed by atoms with Crippen molar-refractivity contribution in [1.82, 2.24) is 19.1 Å². The highest BCUT2D eigenvalue weighted by molar-refractivity contribution is 14.1. The number of aromatic nitrogens is 4. The van der Waals surface area contributed by atoms with Crippen molar-refractivity contribution < 1.29 is 0 Å². The van der Waals surface area contributed by atoms with E-state index in [1.807, 2.05) is 11.5 Å². The quantitative estimate of drug-likeness (QED) is 0.174. The Kier molecular flexibility index (Phi) is 11.8. The molecule has 0 bridgehead atoms. The summed E-state index contributed by atoms with van der Waals surface area (Å²) in [5, 5.41) is 0. The first-order chi connectivity index (χ1) is 14.6. The number of halogens is 1. The summed E-state index contributed by atoms with van der Waals surface area (Å²) >= 11 is 2.47. The molecule has 6 nitrogen and oxygen atoms in total. The molecule has 0 spiro atoms. The minimum Gasteiger partial charge on any atom is -0.322 e. The first-order valence-corrected chi connectivity index (χ1v) is 13.3. The number of aryl methyl sites for hydroxylation is 3. The topological polar surface area (TPSA) is 72.7 Å². The zero-order valence-electron chi connectivity index (χ0n) is 18.8. The van der Waals surface area contributed by atoms with E-state index in [-0.39, 0.29) is 5.56 Å². The van der Waals surface area contributed by atoms with Crippen molar-refractivity contribution >= 4 is 33.8 Å². The molecule has 170 valence electrons. The van der Waals surface area contributed by atoms with E-state index in [1.165, 1.54) is 92.5 Å². The van der Waals surface area contributed by atoms with Gasteiger partial charge < -0.3 is 4.57 Å². The molecule has 0 radical (unpaired) electrons. The molecule has 7 heteroatoms. The summed E-state index contributed by atoms with van der Waals surface area (Å²) in [7, 11) is 1.64. The highest BCUT2D eigenvalue weighted by Crippen LogP contribution is 2.15. The van der Waals surface area contributed by atoms with Crippen LogP contribution in [0.4, 0.5) is 0 Å². The Morgan fingerprint density at radius 2 is 1.27 bits per heavy atom. The minimum absolute atomic E-state index is 0.339. The maximum absolute atomic E-state index is 12.2. The Balaban J connectivity index is 1.55. The van der Waals surface area contributed by atoms with Gasteiger partial charge in [-0.1, -0.05) is 99.6 Å². The lowest BCUT2D eigenvalue weighted by Crippen LogP contribution is -2.29. The maximum atomic E-state index is 12.2. The van der Waals surface area contributed by atoms with Gasteiger partial charge in [0.2, 0.25) is 0 Å². The molecule has 2 aromatic heterocycles. The van der Waals surface area contributed by atoms with Crippen molar-refractivity contribution in [2.75, 3.05) is 4.43 Å². The van der Waals surface area contributed by atoms with Gasteiger partial charge >= 0.3 is 5.69 Å². The predicted molar refractivity (Wildman–Crippen MR) is 134 cm³/mol. The Bertz CT molecular complexity index is 868. The van der Waals surface area contributed by atoms with E-state index in [2.05, 4.69) is 32.6 Å². The number of hydrogen-bond donors (Lipinski definition) is 1. The molecule has 2 aromatic rings. The Hall–Kier alpha value is -1.12. The van der Waals surface area contributed by atoms with E-state index < -0.39 is 5.69 Å². The van der Waals surface area contributed by atoms with Gasteiger partial charge in [-0.15, -0.1) is 0 Å². The number of H-pyrrole nitrogens is 1. The van der Waals surface area contributed by atoms with Gasteiger partial charge in [-0.2, -0.15) is 0 Å². The highest BCUT2D eigenvalue weighted by atomic mass is 127. The van der Waals surface area contributed by atoms with Crippen molar-refractivity contribution in [1.29, 1.82) is 0 Å². The molecule has 0 aliphatic rings. The van der Waals surface area contributed by atoms with Crippen molar-refractivity contribution in [3.8, 4) is 0 Å². The Morgan fingerprint density at radius 3 is 1.77 bits per heavy atom. The van der Waals surface area contributed by atoms with Crippen LogP contribution in [0.25, 0.3) is 11.2 Å². The van der Waals surface area contributed by atoms with E-state index in [0.717, 1.165) is 18.8 Å². The number of unbranched alkanes of at least 4 members (excludes halogenated alkanes) is 13. The number of hydrogen-bond acceptors (Lipinski definition) is 3. The normalized spacial score (nSPS) is 11.6. The molecule has 0 amide bonds. The fourth-order valence-corrected chi connectivity index (χ4v) is 4.64. The lowest BCUT2D eigenvalue weighted by atomic mass is 10.0. The number of nitrogens with zero attached hydrogens (tertiary/aromatic N) is 3. The molecule has 0 saturated carbocycles. The van der Waals surface area contributed by atoms with Crippen molar-refractivity contribution in [2.24, 2.45) is 7.05 Å². The van der Waals surface area contributed by atoms with Gasteiger partial charge in [0.15, 0.2) is 11.2 Å². The van der Waals surface area contributed by atoms with Gasteiger partial charge in [-0.3, -0.25) is 14.3 Å². The number of alkyl halides is 1. The summed E-state index contributed by atoms with van der Waals surface area (Å²) < 4.78 is 4.67. The molecule has 30 heavy (non-hydrogen) atoms. The largest absolute Gasteiger partial charge is 0.329 e. The van der Waals surface area contributed by atoms with E-state index in [1.54, 1.807) is 7.05 Å². The van der Waals surface area contributed by atoms with Crippen LogP contribution in [0.15, 0.2) is 9.59 Å². The molecule has 2 rings (SSSR count). The van der Waals surface area contributed by atoms with Crippen LogP contribution >= 0.6 is 22.6 Å². The van der Waals surface area contributed by atoms with Gasteiger partial charge in [0.05, 0.1) is 0 Å². The number of nitrogens with one attached hydrogen (secondary N) is 1. The van der Waals surface area contributed by atoms with E-state index in [0.29, 0.717) is 11.2 Å². The minimum atomic E-state index is -0.413. The van der Waals surface area contributed by atoms with Gasteiger partial charge in [-0.05, 0) is 24.2 Å². The zero-order chi connectivity index (χ0) is 21.8. The molecular weight excluding hydrogens is 491 g/mol. The van der Waals surface area contributed by atoms with E-state index in [9.17, 15) is 9.59 Å². The standard InChI is InChI=1S/C23H39IN4O2/c1-19-25-21-20(22(29)26-23(30)27(21)2)28(19)18-16-14-12-10-8-6-4-3-5-7-9-11-13-15-17-24/h3-18H2,1-2H3,(H,26,29,30). The lowest BCUT2D eigenvalue weighted by molar-refractivity contribution is 0.524. The van der Waals surface area contributed by atoms with Crippen molar-refractivity contribution in [3.63, 3.8) is 0 Å². The molecule has 1 N–H and O–H groups in total. The van der Waals surface area contributed by atoms with Crippen LogP contribution in [0.3, 0.4) is 0 Å². The second-order valence-electron chi connectivity index (χ2n) is 8.44. The average Bonchev–Trinajstić information content (AvgIpc) is 3.06. The van der Waals surface area contributed by atoms with Gasteiger partial charge in [-0.25, -0.2) is 9.78 Å². The van der Waals surface area contributed by atoms with E-state index in [4.69, 9.17) is 0 Å². The monoisotopic (exact) mass is 530 g/mol. The summed E-state index contributed by atoms with van der Waals surface area (Å²) in [4.78, 5) is 30.8. The fourth-order valence-electron chi connectivity index (χ4n) is 4.10. The van der Waals surface area contributed by atoms with Gasteiger partial charge in [0.1, 0.15) is 5.82 Å². The van der Waals surface area contributed by atoms with Crippen molar-refractivity contribution in [3.05, 3.63) is 26.7 Å². The average molecular weight is 530 g/mol. The van der Waals surface area contributed by atoms with Crippen LogP contribution in [-0.4, -0.2) is 23.5 Å². The third-order valence-electron chi connectivity index (χ3n) is 5.96. The molecule has 0 aliphatic heterocycles. The fraction of sp³-hybridized carbons (Fsp3) is 0.783. The predicted octanol–water partition coefficient (Wildman–Crippen LogP) is 5.63. The zero-order valence-corrected chi connectivity index (χ0v) is 21.0. The third kappa shape index (κ3) is 7.85. The highest BCUT2D eigenvalue weighted by Gasteiger charge is 2.14. The number of imidazole rings is 1. The summed E-state index contributed by atoms with van der Waals surface area (Å²) in [6.07, 6.45) is 18.7. The first kappa shape index (κ1) is 25.1. The molecule has 0 aromatic carbocycles. The molecule has 0 aliphatic carbocycles. The van der Waals surface area contributed by atoms with Crippen LogP contribution < -0.4 is 11.2 Å². The number of aromatic amines is 1. The Labute approximate surface area is 194 Å². The molecule has 0 atom stereocenters. The van der Waals surface area contributed by atoms with Crippen LogP contribution in [-0.2, 0) is 13.6 Å². The second kappa shape index (κ2) is 14.0. The summed E-state index contributed by atoms with van der Waals surface area (Å²) in [6.45, 7) is 2.68. The van der Waals surface area contributed by atoms with E-state index >= 15 is 0 Å². The van der Waals surface area contributed by atoms with Crippen LogP contribution in [0.5, 0.6) is 0 Å². The van der Waals surface area contributed by atoms with Crippen LogP contribution in [0.1, 0.15) is 95.7 Å². The molecule has 0 saturated heterocycles. The number of fused-ring (bicyclic) bond motifs is 1.